The van der Waals surface area contributed by atoms with Crippen molar-refractivity contribution in [3.63, 3.8) is 0 Å². The van der Waals surface area contributed by atoms with Crippen molar-refractivity contribution in [2.75, 3.05) is 19.6 Å². The third-order valence-electron chi connectivity index (χ3n) is 5.39. The molecule has 1 saturated heterocycles. The van der Waals surface area contributed by atoms with E-state index < -0.39 is 0 Å². The van der Waals surface area contributed by atoms with Crippen LogP contribution in [0.4, 0.5) is 4.79 Å². The molecular weight excluding hydrogens is 264 g/mol. The summed E-state index contributed by atoms with van der Waals surface area (Å²) in [6, 6.07) is 1.90. The molecule has 1 unspecified atom stereocenters. The maximum atomic E-state index is 12.3. The lowest BCUT2D eigenvalue weighted by molar-refractivity contribution is 0.197. The van der Waals surface area contributed by atoms with E-state index in [-0.39, 0.29) is 6.03 Å². The van der Waals surface area contributed by atoms with Crippen LogP contribution >= 0.6 is 0 Å². The monoisotopic (exact) mass is 287 g/mol. The summed E-state index contributed by atoms with van der Waals surface area (Å²) in [5, 5.41) is 6.50. The summed E-state index contributed by atoms with van der Waals surface area (Å²) in [4.78, 5) is 18.1. The molecule has 3 heterocycles. The second-order valence-electron chi connectivity index (χ2n) is 6.62. The molecule has 2 amide bonds. The second kappa shape index (κ2) is 4.98. The van der Waals surface area contributed by atoms with Crippen molar-refractivity contribution in [3.8, 4) is 0 Å². The summed E-state index contributed by atoms with van der Waals surface area (Å²) in [6.45, 7) is 4.12. The van der Waals surface area contributed by atoms with Gasteiger partial charge in [-0.15, -0.1) is 0 Å². The van der Waals surface area contributed by atoms with Crippen LogP contribution < -0.4 is 10.6 Å². The number of carbonyl (C=O) groups is 1. The average Bonchev–Trinajstić information content (AvgIpc) is 2.98. The summed E-state index contributed by atoms with van der Waals surface area (Å²) < 4.78 is 7.82. The van der Waals surface area contributed by atoms with E-state index in [9.17, 15) is 4.79 Å². The molecule has 3 aliphatic rings. The van der Waals surface area contributed by atoms with Crippen molar-refractivity contribution in [2.45, 2.75) is 32.4 Å². The van der Waals surface area contributed by atoms with Crippen molar-refractivity contribution in [2.24, 2.45) is 11.3 Å². The topological polar surface area (TPSA) is 57.3 Å². The highest BCUT2D eigenvalue weighted by Crippen LogP contribution is 2.58. The number of piperidine rings is 1. The Balaban J connectivity index is 1.30. The van der Waals surface area contributed by atoms with Crippen LogP contribution in [0, 0.1) is 11.3 Å². The van der Waals surface area contributed by atoms with E-state index in [0.29, 0.717) is 30.6 Å². The van der Waals surface area contributed by atoms with Gasteiger partial charge in [-0.05, 0) is 60.9 Å². The standard InChI is InChI=1S/C16H22N4O/c21-15(20-10-12-1-4-18-8-13(12)11-20)19-9-14-7-16(14)2-5-17-6-3-16/h1,4,8,14,17H,2-3,5-7,9-11H2,(H,19,21)/i8D. The van der Waals surface area contributed by atoms with Crippen molar-refractivity contribution in [1.29, 1.82) is 0 Å². The van der Waals surface area contributed by atoms with E-state index in [4.69, 9.17) is 1.37 Å². The van der Waals surface area contributed by atoms with Crippen LogP contribution in [0.5, 0.6) is 0 Å². The fourth-order valence-corrected chi connectivity index (χ4v) is 3.88. The Hall–Kier alpha value is -1.62. The van der Waals surface area contributed by atoms with Gasteiger partial charge in [-0.2, -0.15) is 0 Å². The highest BCUT2D eigenvalue weighted by molar-refractivity contribution is 5.75. The third kappa shape index (κ3) is 2.39. The molecule has 0 aromatic carbocycles. The molecule has 1 aromatic heterocycles. The van der Waals surface area contributed by atoms with Gasteiger partial charge in [-0.25, -0.2) is 4.79 Å². The first-order chi connectivity index (χ1) is 10.7. The minimum Gasteiger partial charge on any atom is -0.338 e. The first kappa shape index (κ1) is 12.0. The normalized spacial score (nSPS) is 26.4. The molecular formula is C16H22N4O. The Morgan fingerprint density at radius 1 is 1.48 bits per heavy atom. The molecule has 2 fully saturated rings. The molecule has 1 aliphatic carbocycles. The number of hydrogen-bond donors (Lipinski definition) is 2. The van der Waals surface area contributed by atoms with Crippen LogP contribution in [0.3, 0.4) is 0 Å². The first-order valence-electron chi connectivity index (χ1n) is 8.35. The van der Waals surface area contributed by atoms with E-state index in [1.54, 1.807) is 11.1 Å². The first-order valence-corrected chi connectivity index (χ1v) is 7.85. The van der Waals surface area contributed by atoms with Crippen molar-refractivity contribution >= 4 is 6.03 Å². The zero-order chi connectivity index (χ0) is 15.2. The minimum absolute atomic E-state index is 0.00779. The lowest BCUT2D eigenvalue weighted by Crippen LogP contribution is -2.38. The molecule has 2 aliphatic heterocycles. The smallest absolute Gasteiger partial charge is 0.318 e. The van der Waals surface area contributed by atoms with Crippen molar-refractivity contribution in [3.05, 3.63) is 29.6 Å². The molecule has 1 spiro atoms. The van der Waals surface area contributed by atoms with Gasteiger partial charge < -0.3 is 15.5 Å². The lowest BCUT2D eigenvalue weighted by atomic mass is 9.92. The van der Waals surface area contributed by atoms with Gasteiger partial charge in [0.25, 0.3) is 0 Å². The Kier molecular flexibility index (Phi) is 2.84. The van der Waals surface area contributed by atoms with Crippen LogP contribution in [0.25, 0.3) is 0 Å². The number of rotatable bonds is 2. The van der Waals surface area contributed by atoms with Gasteiger partial charge >= 0.3 is 6.03 Å². The van der Waals surface area contributed by atoms with Crippen molar-refractivity contribution < 1.29 is 6.17 Å². The van der Waals surface area contributed by atoms with Crippen LogP contribution in [0.2, 0.25) is 0 Å². The number of aromatic nitrogens is 1. The Labute approximate surface area is 126 Å². The van der Waals surface area contributed by atoms with Gasteiger partial charge in [0.05, 0.1) is 1.37 Å². The van der Waals surface area contributed by atoms with Crippen LogP contribution in [0.1, 0.15) is 31.8 Å². The average molecular weight is 287 g/mol. The molecule has 4 rings (SSSR count). The van der Waals surface area contributed by atoms with Crippen LogP contribution in [-0.4, -0.2) is 35.5 Å². The minimum atomic E-state index is -0.00779. The summed E-state index contributed by atoms with van der Waals surface area (Å²) in [5.41, 5.74) is 2.44. The molecule has 21 heavy (non-hydrogen) atoms. The van der Waals surface area contributed by atoms with Crippen molar-refractivity contribution in [1.82, 2.24) is 20.5 Å². The predicted molar refractivity (Wildman–Crippen MR) is 79.5 cm³/mol. The number of nitrogens with one attached hydrogen (secondary N) is 2. The van der Waals surface area contributed by atoms with Gasteiger partial charge in [0.15, 0.2) is 0 Å². The van der Waals surface area contributed by atoms with E-state index in [0.717, 1.165) is 30.8 Å². The summed E-state index contributed by atoms with van der Waals surface area (Å²) in [5.74, 6) is 0.650. The summed E-state index contributed by atoms with van der Waals surface area (Å²) in [6.07, 6.45) is 5.69. The van der Waals surface area contributed by atoms with Crippen LogP contribution in [-0.2, 0) is 13.1 Å². The molecule has 1 atom stereocenters. The Morgan fingerprint density at radius 2 is 2.29 bits per heavy atom. The third-order valence-corrected chi connectivity index (χ3v) is 5.39. The van der Waals surface area contributed by atoms with Gasteiger partial charge in [0.1, 0.15) is 0 Å². The van der Waals surface area contributed by atoms with Gasteiger partial charge in [-0.1, -0.05) is 0 Å². The van der Waals surface area contributed by atoms with Gasteiger partial charge in [0, 0.05) is 32.0 Å². The molecule has 5 nitrogen and oxygen atoms in total. The SMILES string of the molecule is [2H]c1nccc2c1CN(C(=O)NCC1CC13CCNCC3)C2. The molecule has 5 heteroatoms. The Morgan fingerprint density at radius 3 is 3.10 bits per heavy atom. The Bertz CT molecular complexity index is 600. The number of urea groups is 1. The molecule has 2 N–H and O–H groups in total. The zero-order valence-corrected chi connectivity index (χ0v) is 12.2. The fraction of sp³-hybridized carbons (Fsp3) is 0.625. The number of nitrogens with zero attached hydrogens (tertiary/aromatic N) is 2. The summed E-state index contributed by atoms with van der Waals surface area (Å²) in [7, 11) is 0. The highest BCUT2D eigenvalue weighted by Gasteiger charge is 2.53. The predicted octanol–water partition coefficient (Wildman–Crippen LogP) is 1.50. The number of hydrogen-bond acceptors (Lipinski definition) is 3. The molecule has 1 aromatic rings. The largest absolute Gasteiger partial charge is 0.338 e. The molecule has 1 saturated carbocycles. The van der Waals surface area contributed by atoms with Gasteiger partial charge in [0.2, 0.25) is 0 Å². The van der Waals surface area contributed by atoms with Crippen LogP contribution in [0.15, 0.2) is 18.4 Å². The van der Waals surface area contributed by atoms with E-state index in [2.05, 4.69) is 15.6 Å². The number of amides is 2. The number of fused-ring (bicyclic) bond motifs is 1. The molecule has 112 valence electrons. The fourth-order valence-electron chi connectivity index (χ4n) is 3.88. The number of carbonyl (C=O) groups excluding carboxylic acids is 1. The highest BCUT2D eigenvalue weighted by atomic mass is 16.2. The lowest BCUT2D eigenvalue weighted by Gasteiger charge is -2.24. The second-order valence-corrected chi connectivity index (χ2v) is 6.62. The van der Waals surface area contributed by atoms with Gasteiger partial charge in [-0.3, -0.25) is 4.98 Å². The maximum absolute atomic E-state index is 12.3. The maximum Gasteiger partial charge on any atom is 0.318 e. The van der Waals surface area contributed by atoms with E-state index >= 15 is 0 Å². The summed E-state index contributed by atoms with van der Waals surface area (Å²) >= 11 is 0. The zero-order valence-electron chi connectivity index (χ0n) is 13.2. The molecule has 0 bridgehead atoms. The quantitative estimate of drug-likeness (QED) is 0.866. The number of pyridine rings is 1. The molecule has 0 radical (unpaired) electrons. The van der Waals surface area contributed by atoms with E-state index in [1.165, 1.54) is 19.3 Å². The van der Waals surface area contributed by atoms with E-state index in [1.807, 2.05) is 6.07 Å².